The van der Waals surface area contributed by atoms with Crippen molar-refractivity contribution in [1.82, 2.24) is 10.6 Å². The topological polar surface area (TPSA) is 84.3 Å². The number of aryl methyl sites for hydroxylation is 1. The number of aliphatic imine (C=N–C) groups is 1. The van der Waals surface area contributed by atoms with E-state index < -0.39 is 6.10 Å². The van der Waals surface area contributed by atoms with Crippen LogP contribution in [0.5, 0.6) is 17.2 Å². The van der Waals surface area contributed by atoms with Crippen LogP contribution in [0.4, 0.5) is 0 Å². The number of benzene rings is 2. The summed E-state index contributed by atoms with van der Waals surface area (Å²) in [5.41, 5.74) is 2.77. The highest BCUT2D eigenvalue weighted by atomic mass is 16.5. The third kappa shape index (κ3) is 6.29. The Labute approximate surface area is 172 Å². The van der Waals surface area contributed by atoms with Gasteiger partial charge in [-0.2, -0.15) is 0 Å². The molecule has 0 heterocycles. The number of ether oxygens (including phenoxy) is 3. The molecule has 158 valence electrons. The van der Waals surface area contributed by atoms with E-state index in [4.69, 9.17) is 14.2 Å². The zero-order valence-electron chi connectivity index (χ0n) is 17.8. The van der Waals surface area contributed by atoms with Crippen molar-refractivity contribution in [1.29, 1.82) is 0 Å². The van der Waals surface area contributed by atoms with E-state index in [1.807, 2.05) is 32.0 Å². The molecule has 3 N–H and O–H groups in total. The van der Waals surface area contributed by atoms with Crippen LogP contribution in [0.2, 0.25) is 0 Å². The highest BCUT2D eigenvalue weighted by Crippen LogP contribution is 2.29. The molecule has 29 heavy (non-hydrogen) atoms. The van der Waals surface area contributed by atoms with E-state index in [2.05, 4.69) is 15.6 Å². The second-order valence-corrected chi connectivity index (χ2v) is 6.52. The van der Waals surface area contributed by atoms with Gasteiger partial charge in [0.1, 0.15) is 17.2 Å². The number of hydrogen-bond acceptors (Lipinski definition) is 5. The standard InChI is InChI=1S/C22H31N3O4/c1-6-23-22(24-13-16-8-7-15(2)11-21(16)29-5)25-14-19(26)18-12-17(27-3)9-10-20(18)28-4/h7-12,19,26H,6,13-14H2,1-5H3,(H2,23,24,25). The normalized spacial score (nSPS) is 12.3. The Morgan fingerprint density at radius 1 is 1.00 bits per heavy atom. The first-order valence-electron chi connectivity index (χ1n) is 9.58. The number of guanidine groups is 1. The maximum atomic E-state index is 10.7. The van der Waals surface area contributed by atoms with E-state index in [0.717, 1.165) is 16.9 Å². The van der Waals surface area contributed by atoms with Crippen molar-refractivity contribution < 1.29 is 19.3 Å². The Hall–Kier alpha value is -2.93. The quantitative estimate of drug-likeness (QED) is 0.443. The van der Waals surface area contributed by atoms with Gasteiger partial charge < -0.3 is 30.0 Å². The third-order valence-electron chi connectivity index (χ3n) is 4.45. The summed E-state index contributed by atoms with van der Waals surface area (Å²) in [6, 6.07) is 11.4. The number of methoxy groups -OCH3 is 3. The van der Waals surface area contributed by atoms with Crippen molar-refractivity contribution in [3.8, 4) is 17.2 Å². The average Bonchev–Trinajstić information content (AvgIpc) is 2.75. The van der Waals surface area contributed by atoms with Crippen molar-refractivity contribution in [2.24, 2.45) is 4.99 Å². The van der Waals surface area contributed by atoms with Crippen molar-refractivity contribution in [3.63, 3.8) is 0 Å². The molecule has 0 bridgehead atoms. The molecule has 0 aliphatic rings. The molecule has 0 aliphatic carbocycles. The van der Waals surface area contributed by atoms with Gasteiger partial charge in [0.05, 0.1) is 34.0 Å². The predicted molar refractivity (Wildman–Crippen MR) is 115 cm³/mol. The van der Waals surface area contributed by atoms with E-state index >= 15 is 0 Å². The largest absolute Gasteiger partial charge is 0.497 e. The summed E-state index contributed by atoms with van der Waals surface area (Å²) in [6.07, 6.45) is -0.794. The third-order valence-corrected chi connectivity index (χ3v) is 4.45. The van der Waals surface area contributed by atoms with Crippen LogP contribution in [-0.4, -0.2) is 45.5 Å². The fourth-order valence-corrected chi connectivity index (χ4v) is 2.89. The van der Waals surface area contributed by atoms with Crippen LogP contribution < -0.4 is 24.8 Å². The lowest BCUT2D eigenvalue weighted by atomic mass is 10.1. The molecule has 7 nitrogen and oxygen atoms in total. The van der Waals surface area contributed by atoms with Crippen LogP contribution in [0, 0.1) is 6.92 Å². The SMILES string of the molecule is CCNC(=NCc1ccc(C)cc1OC)NCC(O)c1cc(OC)ccc1OC. The molecule has 7 heteroatoms. The van der Waals surface area contributed by atoms with E-state index in [0.29, 0.717) is 36.1 Å². The summed E-state index contributed by atoms with van der Waals surface area (Å²) in [5.74, 6) is 2.68. The van der Waals surface area contributed by atoms with Gasteiger partial charge in [-0.1, -0.05) is 12.1 Å². The molecule has 0 aliphatic heterocycles. The molecular weight excluding hydrogens is 370 g/mol. The minimum atomic E-state index is -0.794. The van der Waals surface area contributed by atoms with Crippen LogP contribution >= 0.6 is 0 Å². The van der Waals surface area contributed by atoms with Gasteiger partial charge >= 0.3 is 0 Å². The molecule has 0 fully saturated rings. The Kier molecular flexibility index (Phi) is 8.61. The number of aliphatic hydroxyl groups is 1. The summed E-state index contributed by atoms with van der Waals surface area (Å²) >= 11 is 0. The van der Waals surface area contributed by atoms with E-state index in [9.17, 15) is 5.11 Å². The summed E-state index contributed by atoms with van der Waals surface area (Å²) in [5, 5.41) is 17.0. The lowest BCUT2D eigenvalue weighted by molar-refractivity contribution is 0.176. The summed E-state index contributed by atoms with van der Waals surface area (Å²) < 4.78 is 16.1. The van der Waals surface area contributed by atoms with Gasteiger partial charge in [-0.05, 0) is 43.7 Å². The van der Waals surface area contributed by atoms with Crippen molar-refractivity contribution in [2.45, 2.75) is 26.5 Å². The van der Waals surface area contributed by atoms with Gasteiger partial charge in [0.25, 0.3) is 0 Å². The monoisotopic (exact) mass is 401 g/mol. The molecule has 2 aromatic rings. The van der Waals surface area contributed by atoms with Crippen molar-refractivity contribution in [2.75, 3.05) is 34.4 Å². The highest BCUT2D eigenvalue weighted by Gasteiger charge is 2.15. The minimum Gasteiger partial charge on any atom is -0.497 e. The van der Waals surface area contributed by atoms with Gasteiger partial charge in [0.15, 0.2) is 5.96 Å². The zero-order chi connectivity index (χ0) is 21.2. The lowest BCUT2D eigenvalue weighted by Crippen LogP contribution is -2.39. The van der Waals surface area contributed by atoms with E-state index in [-0.39, 0.29) is 6.54 Å². The average molecular weight is 402 g/mol. The fourth-order valence-electron chi connectivity index (χ4n) is 2.89. The molecule has 0 saturated carbocycles. The predicted octanol–water partition coefficient (Wildman–Crippen LogP) is 2.81. The molecule has 1 unspecified atom stereocenters. The molecular formula is C22H31N3O4. The first-order chi connectivity index (χ1) is 14.0. The molecule has 0 spiro atoms. The van der Waals surface area contributed by atoms with Crippen LogP contribution in [0.1, 0.15) is 29.7 Å². The van der Waals surface area contributed by atoms with Crippen LogP contribution in [0.15, 0.2) is 41.4 Å². The maximum absolute atomic E-state index is 10.7. The Balaban J connectivity index is 2.10. The van der Waals surface area contributed by atoms with Crippen LogP contribution in [0.3, 0.4) is 0 Å². The molecule has 0 saturated heterocycles. The summed E-state index contributed by atoms with van der Waals surface area (Å²) in [7, 11) is 4.82. The fraction of sp³-hybridized carbons (Fsp3) is 0.409. The van der Waals surface area contributed by atoms with E-state index in [1.165, 1.54) is 0 Å². The van der Waals surface area contributed by atoms with Gasteiger partial charge in [0, 0.05) is 24.2 Å². The zero-order valence-corrected chi connectivity index (χ0v) is 17.8. The smallest absolute Gasteiger partial charge is 0.191 e. The highest BCUT2D eigenvalue weighted by molar-refractivity contribution is 5.79. The van der Waals surface area contributed by atoms with Gasteiger partial charge in [-0.25, -0.2) is 4.99 Å². The van der Waals surface area contributed by atoms with E-state index in [1.54, 1.807) is 39.5 Å². The molecule has 0 amide bonds. The van der Waals surface area contributed by atoms with Gasteiger partial charge in [-0.15, -0.1) is 0 Å². The maximum Gasteiger partial charge on any atom is 0.191 e. The Morgan fingerprint density at radius 3 is 2.41 bits per heavy atom. The summed E-state index contributed by atoms with van der Waals surface area (Å²) in [4.78, 5) is 4.61. The molecule has 1 atom stereocenters. The number of nitrogens with one attached hydrogen (secondary N) is 2. The number of hydrogen-bond donors (Lipinski definition) is 3. The number of nitrogens with zero attached hydrogens (tertiary/aromatic N) is 1. The van der Waals surface area contributed by atoms with Crippen molar-refractivity contribution >= 4 is 5.96 Å². The first-order valence-corrected chi connectivity index (χ1v) is 9.58. The second kappa shape index (κ2) is 11.2. The van der Waals surface area contributed by atoms with Gasteiger partial charge in [0.2, 0.25) is 0 Å². The number of rotatable bonds is 9. The minimum absolute atomic E-state index is 0.264. The summed E-state index contributed by atoms with van der Waals surface area (Å²) in [6.45, 7) is 5.44. The Morgan fingerprint density at radius 2 is 1.76 bits per heavy atom. The number of aliphatic hydroxyl groups excluding tert-OH is 1. The molecule has 2 aromatic carbocycles. The van der Waals surface area contributed by atoms with Crippen molar-refractivity contribution in [3.05, 3.63) is 53.1 Å². The molecule has 2 rings (SSSR count). The van der Waals surface area contributed by atoms with Crippen LogP contribution in [0.25, 0.3) is 0 Å². The lowest BCUT2D eigenvalue weighted by Gasteiger charge is -2.18. The van der Waals surface area contributed by atoms with Crippen LogP contribution in [-0.2, 0) is 6.54 Å². The molecule has 0 aromatic heterocycles. The Bertz CT molecular complexity index is 824. The second-order valence-electron chi connectivity index (χ2n) is 6.52. The van der Waals surface area contributed by atoms with Gasteiger partial charge in [-0.3, -0.25) is 0 Å². The molecule has 0 radical (unpaired) electrons. The first kappa shape index (κ1) is 22.4.